The zero-order valence-corrected chi connectivity index (χ0v) is 14.2. The average Bonchev–Trinajstić information content (AvgIpc) is 2.45. The molecule has 0 unspecified atom stereocenters. The van der Waals surface area contributed by atoms with E-state index in [1.54, 1.807) is 7.11 Å². The molecule has 0 heterocycles. The molecule has 0 amide bonds. The van der Waals surface area contributed by atoms with Crippen LogP contribution >= 0.6 is 24.0 Å². The fourth-order valence-electron chi connectivity index (χ4n) is 1.93. The Morgan fingerprint density at radius 2 is 2.00 bits per heavy atom. The summed E-state index contributed by atoms with van der Waals surface area (Å²) in [6.07, 6.45) is 2.96. The summed E-state index contributed by atoms with van der Waals surface area (Å²) in [5.74, 6) is 1.26. The molecule has 0 bridgehead atoms. The number of unbranched alkanes of at least 4 members (excludes halogenated alkanes) is 2. The first-order valence-electron chi connectivity index (χ1n) is 7.03. The van der Waals surface area contributed by atoms with Crippen molar-refractivity contribution < 1.29 is 14.6 Å². The normalized spacial score (nSPS) is 10.1. The van der Waals surface area contributed by atoms with Gasteiger partial charge in [-0.25, -0.2) is 0 Å². The Bertz CT molecular complexity index is 403. The predicted molar refractivity (Wildman–Crippen MR) is 89.1 cm³/mol. The molecule has 1 aromatic carbocycles. The van der Waals surface area contributed by atoms with Crippen molar-refractivity contribution in [3.8, 4) is 11.5 Å². The van der Waals surface area contributed by atoms with E-state index in [1.165, 1.54) is 0 Å². The zero-order chi connectivity index (χ0) is 14.8. The van der Waals surface area contributed by atoms with Gasteiger partial charge >= 0.3 is 0 Å². The number of benzene rings is 1. The van der Waals surface area contributed by atoms with E-state index in [9.17, 15) is 0 Å². The molecule has 6 heteroatoms. The van der Waals surface area contributed by atoms with Gasteiger partial charge in [0.15, 0.2) is 11.5 Å². The largest absolute Gasteiger partial charge is 0.493 e. The van der Waals surface area contributed by atoms with E-state index >= 15 is 0 Å². The molecule has 0 aliphatic rings. The van der Waals surface area contributed by atoms with Crippen LogP contribution in [0.25, 0.3) is 0 Å². The highest BCUT2D eigenvalue weighted by Crippen LogP contribution is 2.36. The van der Waals surface area contributed by atoms with Gasteiger partial charge < -0.3 is 19.9 Å². The van der Waals surface area contributed by atoms with Crippen molar-refractivity contribution in [3.63, 3.8) is 0 Å². The lowest BCUT2D eigenvalue weighted by Crippen LogP contribution is -2.15. The van der Waals surface area contributed by atoms with Crippen molar-refractivity contribution in [1.29, 1.82) is 0 Å². The van der Waals surface area contributed by atoms with E-state index in [0.29, 0.717) is 23.1 Å². The predicted octanol–water partition coefficient (Wildman–Crippen LogP) is 3.42. The number of halogens is 2. The maximum atomic E-state index is 8.70. The summed E-state index contributed by atoms with van der Waals surface area (Å²) in [7, 11) is 1.61. The van der Waals surface area contributed by atoms with Gasteiger partial charge in [0, 0.05) is 13.2 Å². The first-order valence-corrected chi connectivity index (χ1v) is 7.41. The lowest BCUT2D eigenvalue weighted by molar-refractivity contribution is 0.283. The third-order valence-corrected chi connectivity index (χ3v) is 3.20. The van der Waals surface area contributed by atoms with E-state index in [4.69, 9.17) is 26.2 Å². The Hall–Kier alpha value is -0.680. The van der Waals surface area contributed by atoms with Crippen molar-refractivity contribution in [2.24, 2.45) is 0 Å². The van der Waals surface area contributed by atoms with Gasteiger partial charge in [0.1, 0.15) is 0 Å². The third kappa shape index (κ3) is 7.23. The molecule has 0 atom stereocenters. The number of nitrogens with one attached hydrogen (secondary N) is 1. The average molecular weight is 338 g/mol. The van der Waals surface area contributed by atoms with Crippen LogP contribution in [-0.4, -0.2) is 32.0 Å². The van der Waals surface area contributed by atoms with Gasteiger partial charge in [0.05, 0.1) is 18.7 Å². The fourth-order valence-corrected chi connectivity index (χ4v) is 2.22. The van der Waals surface area contributed by atoms with E-state index in [0.717, 1.165) is 37.9 Å². The van der Waals surface area contributed by atoms with Crippen LogP contribution in [0.15, 0.2) is 12.1 Å². The summed E-state index contributed by atoms with van der Waals surface area (Å²) in [4.78, 5) is 0. The van der Waals surface area contributed by atoms with Crippen LogP contribution in [0.4, 0.5) is 0 Å². The minimum Gasteiger partial charge on any atom is -0.493 e. The van der Waals surface area contributed by atoms with Gasteiger partial charge in [0.25, 0.3) is 0 Å². The number of aliphatic hydroxyl groups excluding tert-OH is 1. The molecule has 0 fully saturated rings. The van der Waals surface area contributed by atoms with E-state index in [-0.39, 0.29) is 19.0 Å². The second kappa shape index (κ2) is 11.9. The second-order valence-corrected chi connectivity index (χ2v) is 4.91. The Morgan fingerprint density at radius 3 is 2.62 bits per heavy atom. The number of aliphatic hydroxyl groups is 1. The van der Waals surface area contributed by atoms with Gasteiger partial charge in [-0.2, -0.15) is 0 Å². The van der Waals surface area contributed by atoms with Crippen LogP contribution in [0.3, 0.4) is 0 Å². The summed E-state index contributed by atoms with van der Waals surface area (Å²) in [5, 5.41) is 12.6. The zero-order valence-electron chi connectivity index (χ0n) is 12.7. The molecule has 122 valence electrons. The molecule has 0 aromatic heterocycles. The molecule has 0 saturated heterocycles. The van der Waals surface area contributed by atoms with E-state index in [2.05, 4.69) is 5.32 Å². The summed E-state index contributed by atoms with van der Waals surface area (Å²) < 4.78 is 10.8. The van der Waals surface area contributed by atoms with Gasteiger partial charge in [-0.15, -0.1) is 12.4 Å². The van der Waals surface area contributed by atoms with Crippen LogP contribution < -0.4 is 14.8 Å². The molecule has 21 heavy (non-hydrogen) atoms. The highest BCUT2D eigenvalue weighted by molar-refractivity contribution is 6.32. The van der Waals surface area contributed by atoms with Gasteiger partial charge in [-0.3, -0.25) is 0 Å². The maximum absolute atomic E-state index is 8.70. The number of hydrogen-bond acceptors (Lipinski definition) is 4. The highest BCUT2D eigenvalue weighted by Gasteiger charge is 2.11. The minimum atomic E-state index is 0. The second-order valence-electron chi connectivity index (χ2n) is 4.50. The van der Waals surface area contributed by atoms with Crippen molar-refractivity contribution >= 4 is 24.0 Å². The molecule has 0 spiro atoms. The molecule has 0 aliphatic carbocycles. The van der Waals surface area contributed by atoms with Gasteiger partial charge in [0.2, 0.25) is 0 Å². The third-order valence-electron chi connectivity index (χ3n) is 2.92. The molecule has 0 radical (unpaired) electrons. The standard InChI is InChI=1S/C15H24ClNO3.ClH/c1-3-20-15-13(16)9-12(10-14(15)19-2)11-17-7-5-4-6-8-18;/h9-10,17-18H,3-8,11H2,1-2H3;1H. The summed E-state index contributed by atoms with van der Waals surface area (Å²) in [5.41, 5.74) is 1.07. The topological polar surface area (TPSA) is 50.7 Å². The van der Waals surface area contributed by atoms with E-state index < -0.39 is 0 Å². The lowest BCUT2D eigenvalue weighted by Gasteiger charge is -2.13. The van der Waals surface area contributed by atoms with E-state index in [1.807, 2.05) is 19.1 Å². The summed E-state index contributed by atoms with van der Waals surface area (Å²) >= 11 is 6.21. The monoisotopic (exact) mass is 337 g/mol. The maximum Gasteiger partial charge on any atom is 0.179 e. The molecule has 0 aliphatic heterocycles. The van der Waals surface area contributed by atoms with Crippen molar-refractivity contribution in [3.05, 3.63) is 22.7 Å². The summed E-state index contributed by atoms with van der Waals surface area (Å²) in [6.45, 7) is 4.40. The Balaban J connectivity index is 0.00000400. The SMILES string of the molecule is CCOc1c(Cl)cc(CNCCCCCO)cc1OC.Cl. The van der Waals surface area contributed by atoms with Crippen LogP contribution in [0, 0.1) is 0 Å². The minimum absolute atomic E-state index is 0. The molecule has 1 rings (SSSR count). The lowest BCUT2D eigenvalue weighted by atomic mass is 10.2. The van der Waals surface area contributed by atoms with Crippen molar-refractivity contribution in [2.75, 3.05) is 26.9 Å². The number of methoxy groups -OCH3 is 1. The fraction of sp³-hybridized carbons (Fsp3) is 0.600. The molecular weight excluding hydrogens is 313 g/mol. The smallest absolute Gasteiger partial charge is 0.179 e. The Labute approximate surface area is 138 Å². The summed E-state index contributed by atoms with van der Waals surface area (Å²) in [6, 6.07) is 3.84. The van der Waals surface area contributed by atoms with Crippen molar-refractivity contribution in [1.82, 2.24) is 5.32 Å². The van der Waals surface area contributed by atoms with Crippen molar-refractivity contribution in [2.45, 2.75) is 32.7 Å². The molecule has 0 saturated carbocycles. The molecule has 4 nitrogen and oxygen atoms in total. The van der Waals surface area contributed by atoms with Crippen LogP contribution in [0.2, 0.25) is 5.02 Å². The quantitative estimate of drug-likeness (QED) is 0.642. The number of rotatable bonds is 10. The number of hydrogen-bond donors (Lipinski definition) is 2. The molecule has 2 N–H and O–H groups in total. The van der Waals surface area contributed by atoms with Crippen LogP contribution in [0.5, 0.6) is 11.5 Å². The highest BCUT2D eigenvalue weighted by atomic mass is 35.5. The van der Waals surface area contributed by atoms with Crippen LogP contribution in [-0.2, 0) is 6.54 Å². The first-order chi connectivity index (χ1) is 9.72. The van der Waals surface area contributed by atoms with Gasteiger partial charge in [-0.1, -0.05) is 11.6 Å². The number of ether oxygens (including phenoxy) is 2. The molecular formula is C15H25Cl2NO3. The Kier molecular flexibility index (Phi) is 11.5. The van der Waals surface area contributed by atoms with Gasteiger partial charge in [-0.05, 0) is 50.4 Å². The Morgan fingerprint density at radius 1 is 1.24 bits per heavy atom. The van der Waals surface area contributed by atoms with Crippen LogP contribution in [0.1, 0.15) is 31.7 Å². The first kappa shape index (κ1) is 20.3. The molecule has 1 aromatic rings.